The van der Waals surface area contributed by atoms with Gasteiger partial charge in [-0.05, 0) is 74.0 Å². The minimum Gasteiger partial charge on any atom is -0.394 e. The van der Waals surface area contributed by atoms with Crippen molar-refractivity contribution in [2.45, 2.75) is 54.9 Å². The zero-order valence-corrected chi connectivity index (χ0v) is 19.7. The third-order valence-corrected chi connectivity index (χ3v) is 9.76. The van der Waals surface area contributed by atoms with Crippen LogP contribution >= 0.6 is 11.6 Å². The van der Waals surface area contributed by atoms with Crippen molar-refractivity contribution in [3.8, 4) is 0 Å². The number of piperidine rings is 2. The quantitative estimate of drug-likeness (QED) is 0.690. The molecular weight excluding hydrogens is 444 g/mol. The molecule has 2 saturated heterocycles. The van der Waals surface area contributed by atoms with Crippen LogP contribution in [-0.2, 0) is 17.2 Å². The number of nitrogens with one attached hydrogen (secondary N) is 1. The molecule has 6 nitrogen and oxygen atoms in total. The Bertz CT molecular complexity index is 1040. The van der Waals surface area contributed by atoms with Crippen LogP contribution in [0.3, 0.4) is 0 Å². The number of halogens is 1. The second kappa shape index (κ2) is 7.96. The van der Waals surface area contributed by atoms with Gasteiger partial charge in [0.25, 0.3) is 0 Å². The van der Waals surface area contributed by atoms with E-state index in [2.05, 4.69) is 22.3 Å². The Labute approximate surface area is 196 Å². The van der Waals surface area contributed by atoms with Gasteiger partial charge in [-0.15, -0.1) is 0 Å². The number of aliphatic hydroxyl groups excluding tert-OH is 1. The zero-order chi connectivity index (χ0) is 21.9. The number of aliphatic hydroxyl groups is 1. The molecule has 2 aliphatic carbocycles. The van der Waals surface area contributed by atoms with Gasteiger partial charge in [-0.3, -0.25) is 4.21 Å². The van der Waals surface area contributed by atoms with E-state index in [1.807, 2.05) is 12.1 Å². The topological polar surface area (TPSA) is 78.4 Å². The number of nitrogens with zero attached hydrogens (tertiary/aromatic N) is 3. The Morgan fingerprint density at radius 2 is 1.91 bits per heavy atom. The Hall–Kier alpha value is -1.70. The maximum Gasteiger partial charge on any atom is 0.227 e. The highest BCUT2D eigenvalue weighted by Crippen LogP contribution is 2.52. The molecule has 0 spiro atoms. The molecule has 3 atom stereocenters. The fraction of sp³-hybridized carbons (Fsp3) is 0.583. The molecule has 2 unspecified atom stereocenters. The van der Waals surface area contributed by atoms with Gasteiger partial charge in [0, 0.05) is 23.9 Å². The summed E-state index contributed by atoms with van der Waals surface area (Å²) in [7, 11) is -1.08. The molecule has 5 aliphatic rings. The smallest absolute Gasteiger partial charge is 0.227 e. The van der Waals surface area contributed by atoms with Gasteiger partial charge in [-0.2, -0.15) is 4.98 Å². The van der Waals surface area contributed by atoms with Gasteiger partial charge in [0.15, 0.2) is 0 Å². The van der Waals surface area contributed by atoms with Crippen LogP contribution in [0.4, 0.5) is 11.8 Å². The predicted molar refractivity (Wildman–Crippen MR) is 127 cm³/mol. The van der Waals surface area contributed by atoms with E-state index in [0.717, 1.165) is 66.8 Å². The lowest BCUT2D eigenvalue weighted by molar-refractivity contribution is 0.110. The van der Waals surface area contributed by atoms with E-state index >= 15 is 0 Å². The van der Waals surface area contributed by atoms with Gasteiger partial charge in [0.05, 0.1) is 28.6 Å². The molecule has 32 heavy (non-hydrogen) atoms. The zero-order valence-electron chi connectivity index (χ0n) is 18.1. The van der Waals surface area contributed by atoms with Crippen molar-refractivity contribution in [1.82, 2.24) is 9.97 Å². The van der Waals surface area contributed by atoms with Crippen LogP contribution in [0.5, 0.6) is 0 Å². The molecule has 4 heterocycles. The van der Waals surface area contributed by atoms with Crippen LogP contribution in [-0.4, -0.2) is 50.3 Å². The van der Waals surface area contributed by atoms with Gasteiger partial charge in [0.2, 0.25) is 5.95 Å². The molecule has 2 aromatic rings. The first-order valence-electron chi connectivity index (χ1n) is 11.7. The molecule has 1 aromatic carbocycles. The fourth-order valence-corrected chi connectivity index (χ4v) is 7.51. The second-order valence-electron chi connectivity index (χ2n) is 9.96. The van der Waals surface area contributed by atoms with Gasteiger partial charge in [0.1, 0.15) is 10.7 Å². The highest BCUT2D eigenvalue weighted by atomic mass is 35.5. The molecule has 2 saturated carbocycles. The maximum absolute atomic E-state index is 12.9. The number of benzene rings is 1. The maximum atomic E-state index is 12.9. The fourth-order valence-electron chi connectivity index (χ4n) is 6.05. The first kappa shape index (κ1) is 20.9. The van der Waals surface area contributed by atoms with Crippen molar-refractivity contribution < 1.29 is 9.32 Å². The SMILES string of the molecule is O=[S@@]1CCCc2nc(N3CC4CC(C3)C4c3ccc(Cl)cc3)nc(NC3(CO)CCC3)c21. The molecular formula is C24H29ClN4O2S. The molecule has 4 fully saturated rings. The summed E-state index contributed by atoms with van der Waals surface area (Å²) in [5, 5.41) is 14.3. The molecule has 0 radical (unpaired) electrons. The predicted octanol–water partition coefficient (Wildman–Crippen LogP) is 3.75. The van der Waals surface area contributed by atoms with E-state index in [4.69, 9.17) is 21.6 Å². The van der Waals surface area contributed by atoms with E-state index in [1.54, 1.807) is 0 Å². The molecule has 170 valence electrons. The lowest BCUT2D eigenvalue weighted by Gasteiger charge is -2.54. The number of rotatable bonds is 5. The number of aryl methyl sites for hydroxylation is 1. The normalized spacial score (nSPS) is 30.1. The second-order valence-corrected chi connectivity index (χ2v) is 11.9. The average Bonchev–Trinajstić information content (AvgIpc) is 2.77. The lowest BCUT2D eigenvalue weighted by atomic mass is 9.59. The van der Waals surface area contributed by atoms with Crippen molar-refractivity contribution in [3.05, 3.63) is 40.5 Å². The Morgan fingerprint density at radius 1 is 1.16 bits per heavy atom. The third-order valence-electron chi connectivity index (χ3n) is 7.96. The van der Waals surface area contributed by atoms with E-state index in [0.29, 0.717) is 29.3 Å². The highest BCUT2D eigenvalue weighted by molar-refractivity contribution is 7.85. The van der Waals surface area contributed by atoms with Crippen LogP contribution in [0.25, 0.3) is 0 Å². The summed E-state index contributed by atoms with van der Waals surface area (Å²) in [6.45, 7) is 1.96. The number of fused-ring (bicyclic) bond motifs is 3. The lowest BCUT2D eigenvalue weighted by Crippen LogP contribution is -2.54. The minimum absolute atomic E-state index is 0.0738. The van der Waals surface area contributed by atoms with Crippen LogP contribution in [0.15, 0.2) is 29.2 Å². The standard InChI is InChI=1S/C24H29ClN4O2S/c25-18-6-4-15(5-7-18)20-16-11-17(20)13-29(12-16)23-26-19-3-1-10-32(31)21(19)22(27-23)28-24(14-30)8-2-9-24/h4-7,16-17,20,30H,1-3,8-14H2,(H,26,27,28)/t16?,17?,20?,32-/m1/s1. The number of aromatic nitrogens is 2. The monoisotopic (exact) mass is 472 g/mol. The number of hydrogen-bond donors (Lipinski definition) is 2. The first-order chi connectivity index (χ1) is 15.5. The Kier molecular flexibility index (Phi) is 5.19. The average molecular weight is 473 g/mol. The van der Waals surface area contributed by atoms with Gasteiger partial charge in [-0.1, -0.05) is 23.7 Å². The van der Waals surface area contributed by atoms with Crippen LogP contribution in [0.2, 0.25) is 5.02 Å². The van der Waals surface area contributed by atoms with Gasteiger partial charge >= 0.3 is 0 Å². The number of hydrogen-bond acceptors (Lipinski definition) is 6. The van der Waals surface area contributed by atoms with E-state index in [9.17, 15) is 9.32 Å². The summed E-state index contributed by atoms with van der Waals surface area (Å²) >= 11 is 6.09. The summed E-state index contributed by atoms with van der Waals surface area (Å²) in [4.78, 5) is 12.9. The third kappa shape index (κ3) is 3.44. The summed E-state index contributed by atoms with van der Waals surface area (Å²) in [5.74, 6) is 3.87. The summed E-state index contributed by atoms with van der Waals surface area (Å²) < 4.78 is 12.9. The molecule has 2 N–H and O–H groups in total. The van der Waals surface area contributed by atoms with Crippen molar-refractivity contribution in [3.63, 3.8) is 0 Å². The summed E-state index contributed by atoms with van der Waals surface area (Å²) in [5.41, 5.74) is 1.97. The van der Waals surface area contributed by atoms with Crippen molar-refractivity contribution in [2.24, 2.45) is 11.8 Å². The van der Waals surface area contributed by atoms with Gasteiger partial charge < -0.3 is 15.3 Å². The Morgan fingerprint density at radius 3 is 2.56 bits per heavy atom. The highest BCUT2D eigenvalue weighted by Gasteiger charge is 2.48. The summed E-state index contributed by atoms with van der Waals surface area (Å²) in [6, 6.07) is 8.32. The molecule has 1 aromatic heterocycles. The first-order valence-corrected chi connectivity index (χ1v) is 13.4. The van der Waals surface area contributed by atoms with E-state index in [1.165, 1.54) is 12.0 Å². The van der Waals surface area contributed by atoms with E-state index < -0.39 is 10.8 Å². The number of anilines is 2. The van der Waals surface area contributed by atoms with Crippen molar-refractivity contribution in [1.29, 1.82) is 0 Å². The molecule has 7 rings (SSSR count). The van der Waals surface area contributed by atoms with Crippen LogP contribution in [0, 0.1) is 11.8 Å². The summed E-state index contributed by atoms with van der Waals surface area (Å²) in [6.07, 6.45) is 5.91. The molecule has 8 heteroatoms. The van der Waals surface area contributed by atoms with Crippen LogP contribution in [0.1, 0.15) is 49.3 Å². The van der Waals surface area contributed by atoms with Gasteiger partial charge in [-0.25, -0.2) is 4.98 Å². The molecule has 3 aliphatic heterocycles. The van der Waals surface area contributed by atoms with Crippen molar-refractivity contribution in [2.75, 3.05) is 35.7 Å². The molecule has 0 amide bonds. The van der Waals surface area contributed by atoms with E-state index in [-0.39, 0.29) is 12.1 Å². The minimum atomic E-state index is -1.08. The largest absolute Gasteiger partial charge is 0.394 e. The van der Waals surface area contributed by atoms with Crippen LogP contribution < -0.4 is 10.2 Å². The molecule has 2 bridgehead atoms. The van der Waals surface area contributed by atoms with Crippen molar-refractivity contribution >= 4 is 34.2 Å². The Balaban J connectivity index is 1.28.